The second-order valence-corrected chi connectivity index (χ2v) is 3.74. The predicted molar refractivity (Wildman–Crippen MR) is 64.1 cm³/mol. The zero-order valence-electron chi connectivity index (χ0n) is 10.2. The number of hydrogen-bond donors (Lipinski definition) is 2. The Morgan fingerprint density at radius 2 is 2.25 bits per heavy atom. The van der Waals surface area contributed by atoms with Crippen molar-refractivity contribution < 1.29 is 4.74 Å². The molecule has 3 N–H and O–H groups in total. The van der Waals surface area contributed by atoms with Gasteiger partial charge in [-0.15, -0.1) is 0 Å². The normalized spacial score (nSPS) is 10.5. The maximum atomic E-state index is 7.57. The lowest BCUT2D eigenvalue weighted by Gasteiger charge is -2.20. The van der Waals surface area contributed by atoms with Crippen molar-refractivity contribution in [3.8, 4) is 0 Å². The first-order valence-electron chi connectivity index (χ1n) is 5.07. The topological polar surface area (TPSA) is 80.2 Å². The van der Waals surface area contributed by atoms with Crippen LogP contribution >= 0.6 is 0 Å². The van der Waals surface area contributed by atoms with Gasteiger partial charge in [-0.25, -0.2) is 0 Å². The highest BCUT2D eigenvalue weighted by atomic mass is 16.5. The highest BCUT2D eigenvalue weighted by Crippen LogP contribution is 2.21. The van der Waals surface area contributed by atoms with E-state index >= 15 is 0 Å². The number of ether oxygens (including phenoxy) is 1. The molecule has 0 aliphatic carbocycles. The highest BCUT2D eigenvalue weighted by Gasteiger charge is 2.18. The summed E-state index contributed by atoms with van der Waals surface area (Å²) in [5.41, 5.74) is 7.04. The molecule has 0 amide bonds. The van der Waals surface area contributed by atoms with E-state index in [0.717, 1.165) is 18.1 Å². The number of amidine groups is 1. The summed E-state index contributed by atoms with van der Waals surface area (Å²) in [6.45, 7) is 3.21. The van der Waals surface area contributed by atoms with Crippen molar-refractivity contribution in [2.24, 2.45) is 12.8 Å². The third kappa shape index (κ3) is 2.33. The Morgan fingerprint density at radius 1 is 1.62 bits per heavy atom. The van der Waals surface area contributed by atoms with Gasteiger partial charge in [-0.2, -0.15) is 5.10 Å². The summed E-state index contributed by atoms with van der Waals surface area (Å²) >= 11 is 0. The molecule has 1 aromatic rings. The molecule has 1 heterocycles. The molecular formula is C10H19N5O. The van der Waals surface area contributed by atoms with Crippen molar-refractivity contribution in [1.82, 2.24) is 9.78 Å². The first kappa shape index (κ1) is 12.5. The molecule has 0 radical (unpaired) electrons. The summed E-state index contributed by atoms with van der Waals surface area (Å²) in [5, 5.41) is 11.8. The third-order valence-electron chi connectivity index (χ3n) is 2.45. The largest absolute Gasteiger partial charge is 0.384 e. The number of rotatable bonds is 5. The van der Waals surface area contributed by atoms with Gasteiger partial charge >= 0.3 is 0 Å². The molecule has 0 saturated carbocycles. The summed E-state index contributed by atoms with van der Waals surface area (Å²) in [6, 6.07) is 0. The van der Waals surface area contributed by atoms with Crippen LogP contribution in [0.4, 0.5) is 5.82 Å². The standard InChI is InChI=1S/C10H19N5O/c1-7-8(9(11)12)10(15(3)13-7)14(2)5-6-16-4/h5-6H2,1-4H3,(H3,11,12). The molecule has 90 valence electrons. The van der Waals surface area contributed by atoms with Crippen molar-refractivity contribution >= 4 is 11.7 Å². The fourth-order valence-electron chi connectivity index (χ4n) is 1.73. The van der Waals surface area contributed by atoms with E-state index in [4.69, 9.17) is 15.9 Å². The number of anilines is 1. The summed E-state index contributed by atoms with van der Waals surface area (Å²) in [7, 11) is 5.44. The second-order valence-electron chi connectivity index (χ2n) is 3.74. The van der Waals surface area contributed by atoms with Gasteiger partial charge in [0.15, 0.2) is 0 Å². The van der Waals surface area contributed by atoms with Crippen LogP contribution < -0.4 is 10.6 Å². The molecule has 0 bridgehead atoms. The van der Waals surface area contributed by atoms with Crippen molar-refractivity contribution in [2.75, 3.05) is 32.2 Å². The third-order valence-corrected chi connectivity index (χ3v) is 2.45. The zero-order chi connectivity index (χ0) is 12.3. The second kappa shape index (κ2) is 4.98. The van der Waals surface area contributed by atoms with Gasteiger partial charge < -0.3 is 15.4 Å². The number of aryl methyl sites for hydroxylation is 2. The van der Waals surface area contributed by atoms with Crippen LogP contribution in [0.5, 0.6) is 0 Å². The zero-order valence-corrected chi connectivity index (χ0v) is 10.2. The first-order chi connectivity index (χ1) is 7.49. The molecule has 1 aromatic heterocycles. The summed E-state index contributed by atoms with van der Waals surface area (Å²) in [5.74, 6) is 0.895. The van der Waals surface area contributed by atoms with Gasteiger partial charge in [-0.3, -0.25) is 10.1 Å². The van der Waals surface area contributed by atoms with E-state index in [9.17, 15) is 0 Å². The number of methoxy groups -OCH3 is 1. The van der Waals surface area contributed by atoms with E-state index in [2.05, 4.69) is 5.10 Å². The number of hydrogen-bond acceptors (Lipinski definition) is 4. The lowest BCUT2D eigenvalue weighted by atomic mass is 10.2. The molecule has 0 unspecified atom stereocenters. The molecule has 6 heteroatoms. The minimum atomic E-state index is 0.0462. The number of nitrogen functional groups attached to an aromatic ring is 1. The van der Waals surface area contributed by atoms with E-state index in [1.807, 2.05) is 25.9 Å². The molecule has 1 rings (SSSR count). The number of nitrogens with two attached hydrogens (primary N) is 1. The van der Waals surface area contributed by atoms with Crippen LogP contribution in [0.2, 0.25) is 0 Å². The molecule has 0 spiro atoms. The lowest BCUT2D eigenvalue weighted by molar-refractivity contribution is 0.206. The molecule has 0 saturated heterocycles. The molecular weight excluding hydrogens is 206 g/mol. The molecule has 0 fully saturated rings. The Kier molecular flexibility index (Phi) is 3.89. The smallest absolute Gasteiger partial charge is 0.137 e. The Morgan fingerprint density at radius 3 is 2.75 bits per heavy atom. The Bertz CT molecular complexity index is 385. The molecule has 0 atom stereocenters. The number of likely N-dealkylation sites (N-methyl/N-ethyl adjacent to an activating group) is 1. The van der Waals surface area contributed by atoms with Crippen LogP contribution in [0.15, 0.2) is 0 Å². The van der Waals surface area contributed by atoms with Crippen LogP contribution in [0.3, 0.4) is 0 Å². The van der Waals surface area contributed by atoms with E-state index in [1.165, 1.54) is 0 Å². The highest BCUT2D eigenvalue weighted by molar-refractivity contribution is 6.00. The molecule has 0 aliphatic heterocycles. The van der Waals surface area contributed by atoms with E-state index in [-0.39, 0.29) is 5.84 Å². The van der Waals surface area contributed by atoms with Gasteiger partial charge in [0, 0.05) is 27.7 Å². The summed E-state index contributed by atoms with van der Waals surface area (Å²) in [4.78, 5) is 1.99. The van der Waals surface area contributed by atoms with E-state index < -0.39 is 0 Å². The van der Waals surface area contributed by atoms with Gasteiger partial charge in [0.2, 0.25) is 0 Å². The van der Waals surface area contributed by atoms with Crippen LogP contribution in [-0.2, 0) is 11.8 Å². The van der Waals surface area contributed by atoms with Gasteiger partial charge in [0.05, 0.1) is 17.9 Å². The van der Waals surface area contributed by atoms with Crippen LogP contribution in [0.1, 0.15) is 11.3 Å². The Hall–Kier alpha value is -1.56. The maximum Gasteiger partial charge on any atom is 0.137 e. The molecule has 0 aliphatic rings. The maximum absolute atomic E-state index is 7.57. The number of nitrogens with zero attached hydrogens (tertiary/aromatic N) is 3. The minimum absolute atomic E-state index is 0.0462. The van der Waals surface area contributed by atoms with Crippen molar-refractivity contribution in [1.29, 1.82) is 5.41 Å². The first-order valence-corrected chi connectivity index (χ1v) is 5.07. The Balaban J connectivity index is 3.06. The molecule has 0 aromatic carbocycles. The summed E-state index contributed by atoms with van der Waals surface area (Å²) < 4.78 is 6.76. The molecule has 6 nitrogen and oxygen atoms in total. The number of aromatic nitrogens is 2. The van der Waals surface area contributed by atoms with Crippen LogP contribution in [-0.4, -0.2) is 42.9 Å². The van der Waals surface area contributed by atoms with Crippen molar-refractivity contribution in [3.05, 3.63) is 11.3 Å². The van der Waals surface area contributed by atoms with Gasteiger partial charge in [-0.05, 0) is 6.92 Å². The average Bonchev–Trinajstić information content (AvgIpc) is 2.50. The lowest BCUT2D eigenvalue weighted by Crippen LogP contribution is -2.27. The van der Waals surface area contributed by atoms with Gasteiger partial charge in [0.1, 0.15) is 11.7 Å². The van der Waals surface area contributed by atoms with Crippen molar-refractivity contribution in [3.63, 3.8) is 0 Å². The Labute approximate surface area is 95.5 Å². The van der Waals surface area contributed by atoms with E-state index in [1.54, 1.807) is 11.8 Å². The van der Waals surface area contributed by atoms with Gasteiger partial charge in [-0.1, -0.05) is 0 Å². The number of nitrogens with one attached hydrogen (secondary N) is 1. The van der Waals surface area contributed by atoms with Crippen LogP contribution in [0, 0.1) is 12.3 Å². The predicted octanol–water partition coefficient (Wildman–Crippen LogP) is 0.0952. The van der Waals surface area contributed by atoms with Crippen LogP contribution in [0.25, 0.3) is 0 Å². The SMILES string of the molecule is COCCN(C)c1c(C(=N)N)c(C)nn1C. The van der Waals surface area contributed by atoms with Crippen molar-refractivity contribution in [2.45, 2.75) is 6.92 Å². The summed E-state index contributed by atoms with van der Waals surface area (Å²) in [6.07, 6.45) is 0. The monoisotopic (exact) mass is 225 g/mol. The average molecular weight is 225 g/mol. The fraction of sp³-hybridized carbons (Fsp3) is 0.600. The quantitative estimate of drug-likeness (QED) is 0.550. The van der Waals surface area contributed by atoms with Gasteiger partial charge in [0.25, 0.3) is 0 Å². The van der Waals surface area contributed by atoms with E-state index in [0.29, 0.717) is 12.2 Å². The minimum Gasteiger partial charge on any atom is -0.384 e. The molecule has 16 heavy (non-hydrogen) atoms. The fourth-order valence-corrected chi connectivity index (χ4v) is 1.73.